The predicted octanol–water partition coefficient (Wildman–Crippen LogP) is 7.20. The molecule has 0 bridgehead atoms. The number of rotatable bonds is 7. The second kappa shape index (κ2) is 9.91. The van der Waals surface area contributed by atoms with Crippen molar-refractivity contribution in [2.75, 3.05) is 0 Å². The van der Waals surface area contributed by atoms with Crippen molar-refractivity contribution in [1.29, 1.82) is 0 Å². The molecular weight excluding hydrogens is 355 g/mol. The van der Waals surface area contributed by atoms with E-state index in [-0.39, 0.29) is 17.6 Å². The maximum absolute atomic E-state index is 3.23. The minimum Gasteiger partial charge on any atom is -0.147 e. The Bertz CT molecular complexity index is 716. The van der Waals surface area contributed by atoms with E-state index in [1.165, 1.54) is 36.0 Å². The highest BCUT2D eigenvalue weighted by molar-refractivity contribution is 7.19. The van der Waals surface area contributed by atoms with Crippen molar-refractivity contribution in [3.05, 3.63) is 108 Å². The fraction of sp³-hybridized carbons (Fsp3) is 0.250. The van der Waals surface area contributed by atoms with Crippen LogP contribution in [0.25, 0.3) is 0 Å². The van der Waals surface area contributed by atoms with Crippen LogP contribution in [0, 0.1) is 0 Å². The van der Waals surface area contributed by atoms with Gasteiger partial charge >= 0.3 is 0 Å². The molecule has 0 spiro atoms. The Morgan fingerprint density at radius 3 is 1.58 bits per heavy atom. The highest BCUT2D eigenvalue weighted by atomic mass is 35.5. The zero-order chi connectivity index (χ0) is 17.5. The summed E-state index contributed by atoms with van der Waals surface area (Å²) in [5.74, 6) is 0.420. The normalized spacial score (nSPS) is 12.2. The smallest absolute Gasteiger partial charge is 0.0412 e. The molecule has 2 heteroatoms. The topological polar surface area (TPSA) is 0 Å². The van der Waals surface area contributed by atoms with Crippen molar-refractivity contribution in [3.63, 3.8) is 0 Å². The molecule has 0 saturated carbocycles. The van der Waals surface area contributed by atoms with E-state index < -0.39 is 0 Å². The summed E-state index contributed by atoms with van der Waals surface area (Å²) < 4.78 is 0. The van der Waals surface area contributed by atoms with Crippen molar-refractivity contribution in [3.8, 4) is 0 Å². The Hall–Kier alpha value is -1.62. The largest absolute Gasteiger partial charge is 0.147 e. The van der Waals surface area contributed by atoms with E-state index in [2.05, 4.69) is 107 Å². The van der Waals surface area contributed by atoms with Crippen LogP contribution in [0.5, 0.6) is 0 Å². The summed E-state index contributed by atoms with van der Waals surface area (Å²) in [7, 11) is 3.23. The first-order valence-corrected chi connectivity index (χ1v) is 9.79. The first-order chi connectivity index (χ1) is 12.3. The lowest BCUT2D eigenvalue weighted by Gasteiger charge is -2.39. The maximum atomic E-state index is 3.23. The molecule has 0 aliphatic carbocycles. The van der Waals surface area contributed by atoms with Gasteiger partial charge in [0.25, 0.3) is 0 Å². The molecule has 0 nitrogen and oxygen atoms in total. The molecular formula is C24H28ClP. The fourth-order valence-corrected chi connectivity index (χ4v) is 4.49. The van der Waals surface area contributed by atoms with Gasteiger partial charge in [-0.05, 0) is 23.1 Å². The molecule has 26 heavy (non-hydrogen) atoms. The molecule has 0 amide bonds. The van der Waals surface area contributed by atoms with Crippen molar-refractivity contribution in [2.24, 2.45) is 0 Å². The first-order valence-electron chi connectivity index (χ1n) is 9.21. The summed E-state index contributed by atoms with van der Waals surface area (Å²) in [5.41, 5.74) is 4.13. The zero-order valence-electron chi connectivity index (χ0n) is 15.3. The van der Waals surface area contributed by atoms with Crippen molar-refractivity contribution < 1.29 is 0 Å². The molecule has 136 valence electrons. The van der Waals surface area contributed by atoms with Crippen LogP contribution in [0.4, 0.5) is 0 Å². The minimum atomic E-state index is -0.126. The third-order valence-electron chi connectivity index (χ3n) is 5.10. The third kappa shape index (κ3) is 4.37. The van der Waals surface area contributed by atoms with Gasteiger partial charge in [-0.25, -0.2) is 0 Å². The van der Waals surface area contributed by atoms with Crippen LogP contribution >= 0.6 is 21.6 Å². The molecule has 0 aliphatic heterocycles. The van der Waals surface area contributed by atoms with E-state index in [0.717, 1.165) is 0 Å². The molecule has 0 radical (unpaired) electrons. The molecule has 0 aliphatic rings. The summed E-state index contributed by atoms with van der Waals surface area (Å²) in [6.45, 7) is 2.28. The first kappa shape index (κ1) is 20.7. The van der Waals surface area contributed by atoms with Gasteiger partial charge in [0.2, 0.25) is 0 Å². The lowest BCUT2D eigenvalue weighted by molar-refractivity contribution is 0.498. The molecule has 0 N–H and O–H groups in total. The van der Waals surface area contributed by atoms with Crippen LogP contribution in [-0.4, -0.2) is 0 Å². The Kier molecular flexibility index (Phi) is 7.88. The van der Waals surface area contributed by atoms with Gasteiger partial charge < -0.3 is 0 Å². The molecule has 2 unspecified atom stereocenters. The average molecular weight is 383 g/mol. The Labute approximate surface area is 166 Å². The Morgan fingerprint density at radius 1 is 0.731 bits per heavy atom. The van der Waals surface area contributed by atoms with Crippen LogP contribution in [0.3, 0.4) is 0 Å². The van der Waals surface area contributed by atoms with Gasteiger partial charge in [-0.3, -0.25) is 0 Å². The molecule has 2 atom stereocenters. The number of benzene rings is 3. The summed E-state index contributed by atoms with van der Waals surface area (Å²) in [6, 6.07) is 32.9. The van der Waals surface area contributed by atoms with E-state index in [0.29, 0.717) is 5.92 Å². The average Bonchev–Trinajstić information content (AvgIpc) is 2.70. The fourth-order valence-electron chi connectivity index (χ4n) is 3.75. The van der Waals surface area contributed by atoms with E-state index in [1.54, 1.807) is 0 Å². The Balaban J connectivity index is 0.00000243. The summed E-state index contributed by atoms with van der Waals surface area (Å²) in [6.07, 6.45) is 3.62. The Morgan fingerprint density at radius 2 is 1.15 bits per heavy atom. The van der Waals surface area contributed by atoms with Crippen molar-refractivity contribution >= 4 is 21.6 Å². The lowest BCUT2D eigenvalue weighted by atomic mass is 9.74. The lowest BCUT2D eigenvalue weighted by Crippen LogP contribution is -2.29. The van der Waals surface area contributed by atoms with E-state index >= 15 is 0 Å². The summed E-state index contributed by atoms with van der Waals surface area (Å²) in [5, 5.41) is -0.126. The highest BCUT2D eigenvalue weighted by Crippen LogP contribution is 2.51. The van der Waals surface area contributed by atoms with E-state index in [4.69, 9.17) is 0 Å². The minimum absolute atomic E-state index is 0. The molecule has 0 saturated heterocycles. The maximum Gasteiger partial charge on any atom is 0.0412 e. The standard InChI is InChI=1S/C24H27P.ClH/c1-2-3-19-23(20-13-7-4-8-14-20)24(25,21-15-9-5-10-16-21)22-17-11-6-12-18-22;/h4-18,23H,2-3,19,25H2,1H3;1H. The van der Waals surface area contributed by atoms with Crippen LogP contribution in [0.1, 0.15) is 48.8 Å². The second-order valence-corrected chi connectivity index (χ2v) is 7.62. The van der Waals surface area contributed by atoms with Crippen LogP contribution in [0.2, 0.25) is 0 Å². The number of hydrogen-bond acceptors (Lipinski definition) is 0. The molecule has 0 fully saturated rings. The summed E-state index contributed by atoms with van der Waals surface area (Å²) in [4.78, 5) is 0. The molecule has 3 aromatic carbocycles. The second-order valence-electron chi connectivity index (χ2n) is 6.71. The number of hydrogen-bond donors (Lipinski definition) is 0. The van der Waals surface area contributed by atoms with Crippen LogP contribution < -0.4 is 0 Å². The van der Waals surface area contributed by atoms with E-state index in [1.807, 2.05) is 0 Å². The van der Waals surface area contributed by atoms with Gasteiger partial charge in [-0.1, -0.05) is 111 Å². The molecule has 0 heterocycles. The summed E-state index contributed by atoms with van der Waals surface area (Å²) >= 11 is 0. The van der Waals surface area contributed by atoms with Gasteiger partial charge in [0, 0.05) is 11.1 Å². The predicted molar refractivity (Wildman–Crippen MR) is 119 cm³/mol. The molecule has 0 aromatic heterocycles. The highest BCUT2D eigenvalue weighted by Gasteiger charge is 2.38. The third-order valence-corrected chi connectivity index (χ3v) is 6.17. The number of halogens is 1. The van der Waals surface area contributed by atoms with Gasteiger partial charge in [-0.15, -0.1) is 21.6 Å². The molecule has 3 rings (SSSR count). The SMILES string of the molecule is CCCCC(c1ccccc1)C(P)(c1ccccc1)c1ccccc1.Cl. The van der Waals surface area contributed by atoms with Crippen molar-refractivity contribution in [2.45, 2.75) is 37.3 Å². The van der Waals surface area contributed by atoms with Crippen LogP contribution in [0.15, 0.2) is 91.0 Å². The van der Waals surface area contributed by atoms with Gasteiger partial charge in [0.15, 0.2) is 0 Å². The van der Waals surface area contributed by atoms with Gasteiger partial charge in [-0.2, -0.15) is 0 Å². The van der Waals surface area contributed by atoms with Crippen molar-refractivity contribution in [1.82, 2.24) is 0 Å². The number of unbranched alkanes of at least 4 members (excludes halogenated alkanes) is 1. The quantitative estimate of drug-likeness (QED) is 0.379. The zero-order valence-corrected chi connectivity index (χ0v) is 17.3. The molecule has 3 aromatic rings. The monoisotopic (exact) mass is 382 g/mol. The van der Waals surface area contributed by atoms with Gasteiger partial charge in [0.1, 0.15) is 0 Å². The van der Waals surface area contributed by atoms with Crippen LogP contribution in [-0.2, 0) is 5.16 Å². The van der Waals surface area contributed by atoms with Gasteiger partial charge in [0.05, 0.1) is 0 Å². The van der Waals surface area contributed by atoms with E-state index in [9.17, 15) is 0 Å².